The van der Waals surface area contributed by atoms with Crippen molar-refractivity contribution in [3.05, 3.63) is 59.2 Å². The number of amidine groups is 1. The number of hydrogen-bond acceptors (Lipinski definition) is 3. The molecule has 4 rings (SSSR count). The van der Waals surface area contributed by atoms with Crippen LogP contribution in [-0.2, 0) is 12.1 Å². The van der Waals surface area contributed by atoms with Gasteiger partial charge in [0.25, 0.3) is 0 Å². The van der Waals surface area contributed by atoms with Crippen LogP contribution in [0, 0.1) is 12.8 Å². The van der Waals surface area contributed by atoms with Gasteiger partial charge in [-0.05, 0) is 0 Å². The molecule has 1 aliphatic carbocycles. The van der Waals surface area contributed by atoms with Gasteiger partial charge in [-0.2, -0.15) is 0 Å². The summed E-state index contributed by atoms with van der Waals surface area (Å²) in [7, 11) is 6.29. The molecule has 1 saturated carbocycles. The summed E-state index contributed by atoms with van der Waals surface area (Å²) in [5.41, 5.74) is 12.4. The van der Waals surface area contributed by atoms with Gasteiger partial charge in [-0.15, -0.1) is 0 Å². The van der Waals surface area contributed by atoms with E-state index < -0.39 is 5.54 Å². The maximum atomic E-state index is 6.29. The van der Waals surface area contributed by atoms with Crippen molar-refractivity contribution in [1.29, 1.82) is 0 Å². The average molecular weight is 356 g/mol. The van der Waals surface area contributed by atoms with Gasteiger partial charge in [0.2, 0.25) is 0 Å². The summed E-state index contributed by atoms with van der Waals surface area (Å²) in [4.78, 5) is 4.64. The zero-order chi connectivity index (χ0) is 19.0. The topological polar surface area (TPSA) is 50.4 Å². The van der Waals surface area contributed by atoms with Gasteiger partial charge in [0.05, 0.1) is 0 Å². The van der Waals surface area contributed by atoms with Gasteiger partial charge in [0, 0.05) is 0 Å². The molecule has 1 aliphatic heterocycles. The molecule has 0 saturated heterocycles. The van der Waals surface area contributed by atoms with Crippen LogP contribution >= 0.6 is 0 Å². The van der Waals surface area contributed by atoms with Crippen LogP contribution in [0.5, 0.6) is 0 Å². The Morgan fingerprint density at radius 1 is 1.22 bits per heavy atom. The van der Waals surface area contributed by atoms with Gasteiger partial charge >= 0.3 is 163 Å². The number of nitrogens with one attached hydrogen (secondary N) is 1. The van der Waals surface area contributed by atoms with Crippen molar-refractivity contribution in [2.45, 2.75) is 45.2 Å². The van der Waals surface area contributed by atoms with Gasteiger partial charge < -0.3 is 0 Å². The van der Waals surface area contributed by atoms with Crippen LogP contribution in [-0.4, -0.2) is 25.3 Å². The van der Waals surface area contributed by atoms with Gasteiger partial charge in [-0.3, -0.25) is 0 Å². The summed E-state index contributed by atoms with van der Waals surface area (Å²) in [6, 6.07) is 15.3. The quantitative estimate of drug-likeness (QED) is 0.779. The zero-order valence-electron chi connectivity index (χ0n) is 16.3. The summed E-state index contributed by atoms with van der Waals surface area (Å²) in [5, 5.41) is 3.62. The first-order chi connectivity index (χ1) is 13.0. The molecule has 1 unspecified atom stereocenters. The van der Waals surface area contributed by atoms with E-state index in [1.54, 1.807) is 0 Å². The Morgan fingerprint density at radius 3 is 2.74 bits per heavy atom. The molecular weight excluding hydrogens is 329 g/mol. The predicted molar refractivity (Wildman–Crippen MR) is 115 cm³/mol. The van der Waals surface area contributed by atoms with Crippen LogP contribution in [0.1, 0.15) is 42.9 Å². The fourth-order valence-corrected chi connectivity index (χ4v) is 3.85. The number of hydrogen-bond donors (Lipinski definition) is 2. The van der Waals surface area contributed by atoms with Crippen molar-refractivity contribution in [1.82, 2.24) is 5.32 Å². The van der Waals surface area contributed by atoms with Gasteiger partial charge in [-0.25, -0.2) is 0 Å². The van der Waals surface area contributed by atoms with Crippen molar-refractivity contribution in [3.8, 4) is 11.1 Å². The minimum atomic E-state index is -0.533. The number of aryl methyl sites for hydroxylation is 1. The number of rotatable bonds is 6. The van der Waals surface area contributed by atoms with E-state index >= 15 is 0 Å². The molecule has 0 amide bonds. The van der Waals surface area contributed by atoms with Crippen molar-refractivity contribution in [2.75, 3.05) is 6.54 Å². The van der Waals surface area contributed by atoms with Crippen LogP contribution in [0.4, 0.5) is 0 Å². The molecule has 2 aromatic carbocycles. The van der Waals surface area contributed by atoms with E-state index in [2.05, 4.69) is 66.6 Å². The molecule has 0 aromatic heterocycles. The minimum absolute atomic E-state index is 0.533. The molecule has 27 heavy (non-hydrogen) atoms. The fraction of sp³-hybridized carbons (Fsp3) is 0.391. The second-order valence-corrected chi connectivity index (χ2v) is 8.19. The molecule has 0 bridgehead atoms. The van der Waals surface area contributed by atoms with Crippen molar-refractivity contribution in [2.24, 2.45) is 16.6 Å². The Bertz CT molecular complexity index is 914. The molecule has 2 aliphatic rings. The van der Waals surface area contributed by atoms with E-state index in [-0.39, 0.29) is 0 Å². The Hall–Kier alpha value is -2.20. The van der Waals surface area contributed by atoms with Crippen LogP contribution in [0.15, 0.2) is 47.5 Å². The number of aliphatic imine (C=N–C) groups is 1. The molecular formula is C23H27BN3. The molecule has 4 heteroatoms. The molecule has 2 aromatic rings. The average Bonchev–Trinajstić information content (AvgIpc) is 3.42. The molecule has 3 N–H and O–H groups in total. The second-order valence-electron chi connectivity index (χ2n) is 8.19. The third-order valence-electron chi connectivity index (χ3n) is 5.81. The molecule has 137 valence electrons. The Labute approximate surface area is 163 Å². The summed E-state index contributed by atoms with van der Waals surface area (Å²) in [6.45, 7) is 6.21. The molecule has 1 atom stereocenters. The summed E-state index contributed by atoms with van der Waals surface area (Å²) in [5.74, 6) is 1.49. The van der Waals surface area contributed by atoms with Gasteiger partial charge in [-0.1, -0.05) is 0 Å². The second kappa shape index (κ2) is 7.08. The first kappa shape index (κ1) is 18.2. The first-order valence-electron chi connectivity index (χ1n) is 9.83. The number of nitrogens with zero attached hydrogens (tertiary/aromatic N) is 1. The van der Waals surface area contributed by atoms with E-state index in [1.807, 2.05) is 0 Å². The normalized spacial score (nSPS) is 22.1. The predicted octanol–water partition coefficient (Wildman–Crippen LogP) is 3.48. The first-order valence-corrected chi connectivity index (χ1v) is 9.83. The van der Waals surface area contributed by atoms with Gasteiger partial charge in [0.15, 0.2) is 0 Å². The molecule has 1 fully saturated rings. The SMILES string of the molecule is [B]=C1CC(N)=NC1(C)c1cccc(-c2cc(C)ccc2CNCC2CC2)c1. The van der Waals surface area contributed by atoms with E-state index in [9.17, 15) is 0 Å². The van der Waals surface area contributed by atoms with Crippen LogP contribution < -0.4 is 11.1 Å². The van der Waals surface area contributed by atoms with Crippen molar-refractivity contribution < 1.29 is 0 Å². The van der Waals surface area contributed by atoms with E-state index in [0.717, 1.165) is 30.0 Å². The van der Waals surface area contributed by atoms with Crippen LogP contribution in [0.25, 0.3) is 11.1 Å². The van der Waals surface area contributed by atoms with Crippen molar-refractivity contribution in [3.63, 3.8) is 0 Å². The molecule has 3 nitrogen and oxygen atoms in total. The summed E-state index contributed by atoms with van der Waals surface area (Å²) >= 11 is 0. The third-order valence-corrected chi connectivity index (χ3v) is 5.81. The van der Waals surface area contributed by atoms with Crippen molar-refractivity contribution >= 4 is 18.8 Å². The molecule has 0 spiro atoms. The Morgan fingerprint density at radius 2 is 2.04 bits per heavy atom. The van der Waals surface area contributed by atoms with Gasteiger partial charge in [0.1, 0.15) is 0 Å². The standard InChI is InChI=1S/C23H27BN3/c1-15-6-9-18(14-26-13-16-7-8-16)20(10-15)17-4-3-5-19(11-17)23(2)21(24)12-22(25)27-23/h3-6,9-11,16,26H,7-8,12-14H2,1-2H3,(H2,25,27). The van der Waals surface area contributed by atoms with Crippen LogP contribution in [0.3, 0.4) is 0 Å². The molecule has 1 heterocycles. The third kappa shape index (κ3) is 3.77. The van der Waals surface area contributed by atoms with E-state index in [1.165, 1.54) is 35.1 Å². The Balaban J connectivity index is 1.67. The Kier molecular flexibility index (Phi) is 4.77. The number of nitrogens with two attached hydrogens (primary N) is 1. The van der Waals surface area contributed by atoms with E-state index in [4.69, 9.17) is 13.2 Å². The number of benzene rings is 2. The molecule has 1 radical (unpaired) electrons. The summed E-state index contributed by atoms with van der Waals surface area (Å²) < 4.78 is 0. The maximum absolute atomic E-state index is 6.29. The zero-order valence-corrected chi connectivity index (χ0v) is 16.3. The monoisotopic (exact) mass is 356 g/mol. The summed E-state index contributed by atoms with van der Waals surface area (Å²) in [6.07, 6.45) is 3.31. The fourth-order valence-electron chi connectivity index (χ4n) is 3.85. The van der Waals surface area contributed by atoms with E-state index in [0.29, 0.717) is 12.3 Å². The van der Waals surface area contributed by atoms with Crippen LogP contribution in [0.2, 0.25) is 0 Å².